The van der Waals surface area contributed by atoms with Crippen LogP contribution in [0.4, 0.5) is 4.79 Å². The van der Waals surface area contributed by atoms with Crippen LogP contribution in [-0.4, -0.2) is 138 Å². The summed E-state index contributed by atoms with van der Waals surface area (Å²) >= 11 is 5.84. The van der Waals surface area contributed by atoms with Gasteiger partial charge in [0.25, 0.3) is 6.47 Å². The van der Waals surface area contributed by atoms with E-state index >= 15 is 0 Å². The Morgan fingerprint density at radius 1 is 0.872 bits per heavy atom. The molecule has 78 heavy (non-hydrogen) atoms. The van der Waals surface area contributed by atoms with Gasteiger partial charge in [-0.15, -0.1) is 12.3 Å². The minimum Gasteiger partial charge on any atom is -0.662 e. The fraction of sp³-hybridized carbons (Fsp3) is 0.600. The zero-order chi connectivity index (χ0) is 77.9. The van der Waals surface area contributed by atoms with Gasteiger partial charge in [0.1, 0.15) is 19.8 Å². The molecule has 5 aliphatic heterocycles. The van der Waals surface area contributed by atoms with E-state index in [-0.39, 0.29) is 119 Å². The Morgan fingerprint density at radius 2 is 1.24 bits per heavy atom. The van der Waals surface area contributed by atoms with E-state index in [1.54, 1.807) is 30.3 Å². The summed E-state index contributed by atoms with van der Waals surface area (Å²) in [6.45, 7) is 5.22. The summed E-state index contributed by atoms with van der Waals surface area (Å²) in [6, 6.07) is 1.34. The molecule has 26 nitrogen and oxygen atoms in total. The minimum absolute atomic E-state index is 0. The molecule has 0 saturated carbocycles. The number of aliphatic carboxylic acids is 2. The Hall–Kier alpha value is -3.48. The fourth-order valence-corrected chi connectivity index (χ4v) is 3.82. The van der Waals surface area contributed by atoms with Crippen LogP contribution in [0.5, 0.6) is 0 Å². The van der Waals surface area contributed by atoms with Gasteiger partial charge in [0, 0.05) is 110 Å². The van der Waals surface area contributed by atoms with Gasteiger partial charge in [0.05, 0.1) is 2.74 Å². The number of alkyl carbamates (subject to hydrolysis) is 1. The fourth-order valence-electron chi connectivity index (χ4n) is 3.82. The third-order valence-electron chi connectivity index (χ3n) is 7.27. The SMILES string of the molecule is C1CCOC1.C1CCOC1.CN1C(=O)CCC1=O.O=CO[O-].S.S.S.S.[2H]C([2H])(C(N)=O)C([2H])([2H])[C@]([2H])(N)C(=O)O.[2H]C([2H])(C(N)=O)C([2H])([2H])[C@]([2H])(NC(=O)OCc1ccccc1)C(=O)O.[2H]CI.[2H]Cl.[2H]N1C(=O)C([2H])([2H])C([2H])([2H])[C@]([2H])(C)C1=O.[2H]N1C(=O)C([2H])([2H])C([2H])([2H])[C@]([2H])(C)C1=O.[Na+]. The van der Waals surface area contributed by atoms with E-state index in [2.05, 4.69) is 22.9 Å². The Kier molecular flexibility index (Phi) is 39.4. The summed E-state index contributed by atoms with van der Waals surface area (Å²) in [5.74, 6) is -18.9. The summed E-state index contributed by atoms with van der Waals surface area (Å²) < 4.78 is 186. The van der Waals surface area contributed by atoms with E-state index in [4.69, 9.17) is 78.7 Å². The van der Waals surface area contributed by atoms with Crippen molar-refractivity contribution in [3.8, 4) is 0 Å². The van der Waals surface area contributed by atoms with Crippen molar-refractivity contribution >= 4 is 161 Å². The maximum absolute atomic E-state index is 11.8. The Morgan fingerprint density at radius 3 is 1.53 bits per heavy atom. The number of primary amides is 2. The molecule has 5 saturated heterocycles. The predicted octanol–water partition coefficient (Wildman–Crippen LogP) is -1.86. The first kappa shape index (κ1) is 50.3. The molecule has 0 bridgehead atoms. The number of halogens is 2. The van der Waals surface area contributed by atoms with Crippen molar-refractivity contribution in [2.75, 3.05) is 38.4 Å². The number of benzene rings is 1. The topological polar surface area (TPSA) is 423 Å². The third-order valence-corrected chi connectivity index (χ3v) is 7.27. The number of likely N-dealkylation sites (tertiary alicyclic amines) is 1. The Labute approximate surface area is 558 Å². The van der Waals surface area contributed by atoms with Crippen molar-refractivity contribution in [2.24, 2.45) is 29.0 Å². The number of nitrogens with zero attached hydrogens (tertiary/aromatic N) is 1. The monoisotopic (exact) mass is 1360 g/mol. The molecule has 0 aromatic heterocycles. The second-order valence-electron chi connectivity index (χ2n) is 12.7. The van der Waals surface area contributed by atoms with Crippen LogP contribution in [0.2, 0.25) is 2.82 Å². The van der Waals surface area contributed by atoms with Crippen LogP contribution < -0.4 is 68.0 Å². The van der Waals surface area contributed by atoms with E-state index in [9.17, 15) is 52.7 Å². The van der Waals surface area contributed by atoms with Crippen molar-refractivity contribution in [3.63, 3.8) is 0 Å². The maximum atomic E-state index is 11.8. The van der Waals surface area contributed by atoms with Gasteiger partial charge in [-0.25, -0.2) is 9.59 Å². The summed E-state index contributed by atoms with van der Waals surface area (Å²) in [7, 11) is 1.51. The number of nitrogens with two attached hydrogens (primary N) is 3. The number of ether oxygens (including phenoxy) is 3. The van der Waals surface area contributed by atoms with Gasteiger partial charge >= 0.3 is 47.6 Å². The molecule has 1 aromatic rings. The average Bonchev–Trinajstić information content (AvgIpc) is 0.800. The van der Waals surface area contributed by atoms with Crippen LogP contribution in [0.15, 0.2) is 30.3 Å². The molecule has 6 rings (SSSR count). The van der Waals surface area contributed by atoms with Gasteiger partial charge in [-0.1, -0.05) is 66.8 Å². The van der Waals surface area contributed by atoms with Crippen molar-refractivity contribution in [1.29, 1.82) is 1.17 Å². The van der Waals surface area contributed by atoms with Crippen LogP contribution >= 0.6 is 88.9 Å². The minimum atomic E-state index is -3.70. The normalized spacial score (nSPS) is 27.1. The molecular formula is C45H80ClIN7NaO19S4. The number of carbonyl (C=O) groups excluding carboxylic acids is 10. The van der Waals surface area contributed by atoms with Crippen LogP contribution in [-0.2, 0) is 78.4 Å². The standard InChI is InChI=1S/C13H16N2O5.2C6H9NO2.C5H10N2O3.C5H7NO2.2C4H8O.CH3I.CH2O3.ClH.Na.4H2S/c14-11(16)7-6-10(12(17)18)15-13(19)20-8-9-4-2-1-3-5-9;2*1-4-2-3-5(8)7-6(4)9;6-3(5(9)10)1-2-4(7)8;1-6-4(7)2-3-5(6)8;2*1-2-4-5-3-1;1-2;2-1-4-3;;;;;;/h1-5,10H,6-8H2,(H2,14,16)(H,15,19)(H,17,18);2*4H,2-3H2,1H3,(H,7,8,9);3H,1-2,6H2,(H2,7,8)(H,9,10);2-3H2,1H3;2*1-4H2;1H3;1,3H;1H;;4*1H2/q;;;;;;;;;;+1;;;;/p-1/t10-;2*4-;3-;;;;;;;;;;;/m0000.........../s1/i6D2,7D2,10D;2*2D2,3D2,4D;1D2,2D2,3D;;;;1D;;;;;;;/hD3. The number of carbonyl (C=O) groups is 12. The molecule has 5 heterocycles. The van der Waals surface area contributed by atoms with Gasteiger partial charge in [-0.2, -0.15) is 54.0 Å². The molecule has 0 aliphatic carbocycles. The number of imide groups is 3. The van der Waals surface area contributed by atoms with Crippen LogP contribution in [0, 0.1) is 11.8 Å². The van der Waals surface area contributed by atoms with E-state index in [0.717, 1.165) is 40.3 Å². The number of nitrogens with one attached hydrogen (secondary N) is 3. The molecule has 5 aliphatic rings. The van der Waals surface area contributed by atoms with Crippen molar-refractivity contribution in [3.05, 3.63) is 35.9 Å². The largest absolute Gasteiger partial charge is 1.00 e. The van der Waals surface area contributed by atoms with Gasteiger partial charge < -0.3 is 57.1 Å². The maximum Gasteiger partial charge on any atom is 1.00 e. The molecule has 0 radical (unpaired) electrons. The molecule has 5 fully saturated rings. The number of carboxylic acids is 2. The van der Waals surface area contributed by atoms with E-state index in [0.29, 0.717) is 23.3 Å². The van der Waals surface area contributed by atoms with Gasteiger partial charge in [-0.3, -0.25) is 63.5 Å². The van der Waals surface area contributed by atoms with Gasteiger partial charge in [0.2, 0.25) is 47.3 Å². The summed E-state index contributed by atoms with van der Waals surface area (Å²) in [5, 5.41) is 26.9. The molecule has 4 atom stereocenters. The first-order chi connectivity index (χ1) is 43.7. The average molecular weight is 1360 g/mol. The Bertz CT molecular complexity index is 2690. The third kappa shape index (κ3) is 55.8. The number of hydrogen-bond acceptors (Lipinski definition) is 18. The number of carboxylic acid groups (broad SMARTS) is 2. The summed E-state index contributed by atoms with van der Waals surface area (Å²) in [5.41, 5.74) is 14.7. The van der Waals surface area contributed by atoms with E-state index in [1.165, 1.54) is 42.9 Å². The van der Waals surface area contributed by atoms with Crippen LogP contribution in [0.1, 0.15) is 138 Å². The number of rotatable bonds is 12. The first-order valence-corrected chi connectivity index (χ1v) is 21.4. The molecule has 9 amide bonds. The number of hydrogen-bond donors (Lipinski definition) is 8. The smallest absolute Gasteiger partial charge is 0.662 e. The molecular weight excluding hydrogens is 1260 g/mol. The number of alkyl halides is 1. The second kappa shape index (κ2) is 61.1. The van der Waals surface area contributed by atoms with Crippen molar-refractivity contribution in [2.45, 2.75) is 122 Å². The molecule has 1 aromatic carbocycles. The molecule has 0 spiro atoms. The zero-order valence-electron chi connectivity index (χ0n) is 66.1. The summed E-state index contributed by atoms with van der Waals surface area (Å²) in [4.78, 5) is 134. The zero-order valence-corrected chi connectivity index (χ0v) is 51.0. The quantitative estimate of drug-likeness (QED) is 0.0216. The molecule has 11 N–H and O–H groups in total. The van der Waals surface area contributed by atoms with Crippen molar-refractivity contribution < 1.29 is 153 Å². The Balaban J connectivity index is -0.000000143. The van der Waals surface area contributed by atoms with Crippen LogP contribution in [0.25, 0.3) is 0 Å². The predicted molar refractivity (Wildman–Crippen MR) is 310 cm³/mol. The van der Waals surface area contributed by atoms with Crippen LogP contribution in [0.3, 0.4) is 0 Å². The van der Waals surface area contributed by atoms with E-state index < -0.39 is 128 Å². The molecule has 0 unspecified atom stereocenters. The van der Waals surface area contributed by atoms with Gasteiger partial charge in [0.15, 0.2) is 2.82 Å². The molecule has 448 valence electrons. The number of piperidine rings is 2. The second-order valence-corrected chi connectivity index (χ2v) is 12.7. The van der Waals surface area contributed by atoms with Crippen molar-refractivity contribution in [1.82, 2.24) is 20.8 Å². The van der Waals surface area contributed by atoms with E-state index in [1.807, 2.05) is 22.6 Å². The first-order valence-electron chi connectivity index (χ1n) is 31.9. The summed E-state index contributed by atoms with van der Waals surface area (Å²) in [6.07, 6.45) is -21.7. The molecule has 33 heteroatoms. The van der Waals surface area contributed by atoms with Gasteiger partial charge in [-0.05, 0) is 61.6 Å². The number of amides is 9.